The standard InChI is InChI=1S/C25H30F2N2O5S/c26-20-8-6-18(7-9-20)16-29-14-3-4-19(17-29)24(25(30)28-34-23-5-1-2-15-33-23)35(31,32)22-12-10-21(27)11-13-22/h6-13,19,23-24H,1-5,14-17H2,(H,28,30). The van der Waals surface area contributed by atoms with Gasteiger partial charge in [-0.3, -0.25) is 9.69 Å². The van der Waals surface area contributed by atoms with Crippen molar-refractivity contribution in [3.8, 4) is 0 Å². The van der Waals surface area contributed by atoms with Crippen LogP contribution >= 0.6 is 0 Å². The van der Waals surface area contributed by atoms with E-state index in [0.29, 0.717) is 39.0 Å². The highest BCUT2D eigenvalue weighted by Gasteiger charge is 2.42. The van der Waals surface area contributed by atoms with E-state index in [0.717, 1.165) is 37.1 Å². The lowest BCUT2D eigenvalue weighted by molar-refractivity contribution is -0.200. The van der Waals surface area contributed by atoms with Crippen LogP contribution in [-0.4, -0.2) is 50.5 Å². The van der Waals surface area contributed by atoms with Gasteiger partial charge in [-0.05, 0) is 80.1 Å². The first-order valence-corrected chi connectivity index (χ1v) is 13.4. The molecule has 10 heteroatoms. The fourth-order valence-electron chi connectivity index (χ4n) is 4.70. The van der Waals surface area contributed by atoms with Crippen molar-refractivity contribution in [2.45, 2.75) is 55.1 Å². The van der Waals surface area contributed by atoms with Crippen LogP contribution in [-0.2, 0) is 30.8 Å². The summed E-state index contributed by atoms with van der Waals surface area (Å²) in [6, 6.07) is 10.6. The summed E-state index contributed by atoms with van der Waals surface area (Å²) < 4.78 is 59.4. The number of amides is 1. The molecule has 2 saturated heterocycles. The molecule has 2 aliphatic rings. The first kappa shape index (κ1) is 25.7. The maximum atomic E-state index is 13.6. The third-order valence-corrected chi connectivity index (χ3v) is 8.65. The van der Waals surface area contributed by atoms with Crippen molar-refractivity contribution in [1.29, 1.82) is 0 Å². The Morgan fingerprint density at radius 1 is 1.03 bits per heavy atom. The Hall–Kier alpha value is -2.40. The van der Waals surface area contributed by atoms with Crippen molar-refractivity contribution in [2.24, 2.45) is 5.92 Å². The number of nitrogens with one attached hydrogen (secondary N) is 1. The maximum absolute atomic E-state index is 13.6. The summed E-state index contributed by atoms with van der Waals surface area (Å²) in [4.78, 5) is 20.6. The zero-order valence-corrected chi connectivity index (χ0v) is 20.2. The average molecular weight is 509 g/mol. The lowest BCUT2D eigenvalue weighted by Crippen LogP contribution is -2.50. The van der Waals surface area contributed by atoms with Gasteiger partial charge < -0.3 is 4.74 Å². The highest BCUT2D eigenvalue weighted by Crippen LogP contribution is 2.30. The van der Waals surface area contributed by atoms with Crippen molar-refractivity contribution in [3.63, 3.8) is 0 Å². The molecular weight excluding hydrogens is 478 g/mol. The van der Waals surface area contributed by atoms with Crippen molar-refractivity contribution in [3.05, 3.63) is 65.7 Å². The lowest BCUT2D eigenvalue weighted by atomic mass is 9.93. The van der Waals surface area contributed by atoms with E-state index in [4.69, 9.17) is 9.57 Å². The summed E-state index contributed by atoms with van der Waals surface area (Å²) in [6.07, 6.45) is 2.99. The van der Waals surface area contributed by atoms with Gasteiger partial charge in [0.2, 0.25) is 0 Å². The van der Waals surface area contributed by atoms with Crippen LogP contribution < -0.4 is 5.48 Å². The number of hydroxylamine groups is 1. The van der Waals surface area contributed by atoms with E-state index in [1.165, 1.54) is 24.3 Å². The van der Waals surface area contributed by atoms with E-state index < -0.39 is 39.0 Å². The second kappa shape index (κ2) is 11.6. The molecule has 2 heterocycles. The average Bonchev–Trinajstić information content (AvgIpc) is 2.85. The van der Waals surface area contributed by atoms with Gasteiger partial charge in [0.15, 0.2) is 21.4 Å². The molecule has 35 heavy (non-hydrogen) atoms. The molecule has 2 fully saturated rings. The number of hydrogen-bond donors (Lipinski definition) is 1. The minimum Gasteiger partial charge on any atom is -0.350 e. The number of halogens is 2. The van der Waals surface area contributed by atoms with E-state index in [2.05, 4.69) is 10.4 Å². The smallest absolute Gasteiger partial charge is 0.262 e. The number of rotatable bonds is 8. The number of likely N-dealkylation sites (tertiary alicyclic amines) is 1. The molecule has 3 atom stereocenters. The van der Waals surface area contributed by atoms with Crippen LogP contribution in [0.25, 0.3) is 0 Å². The molecule has 0 spiro atoms. The van der Waals surface area contributed by atoms with Crippen LogP contribution in [0.4, 0.5) is 8.78 Å². The lowest BCUT2D eigenvalue weighted by Gasteiger charge is -2.36. The topological polar surface area (TPSA) is 84.9 Å². The number of carbonyl (C=O) groups excluding carboxylic acids is 1. The largest absolute Gasteiger partial charge is 0.350 e. The van der Waals surface area contributed by atoms with Crippen molar-refractivity contribution < 1.29 is 31.6 Å². The number of nitrogens with zero attached hydrogens (tertiary/aromatic N) is 1. The third-order valence-electron chi connectivity index (χ3n) is 6.45. The Labute approximate surface area is 204 Å². The van der Waals surface area contributed by atoms with Crippen LogP contribution in [0.15, 0.2) is 53.4 Å². The first-order chi connectivity index (χ1) is 16.8. The van der Waals surface area contributed by atoms with E-state index in [1.54, 1.807) is 12.1 Å². The molecule has 190 valence electrons. The summed E-state index contributed by atoms with van der Waals surface area (Å²) in [7, 11) is -4.15. The summed E-state index contributed by atoms with van der Waals surface area (Å²) in [5.41, 5.74) is 3.23. The maximum Gasteiger partial charge on any atom is 0.262 e. The van der Waals surface area contributed by atoms with Crippen LogP contribution in [0, 0.1) is 17.6 Å². The van der Waals surface area contributed by atoms with Gasteiger partial charge in [-0.2, -0.15) is 0 Å². The number of ether oxygens (including phenoxy) is 1. The molecule has 3 unspecified atom stereocenters. The fraction of sp³-hybridized carbons (Fsp3) is 0.480. The normalized spacial score (nSPS) is 22.5. The van der Waals surface area contributed by atoms with Crippen LogP contribution in [0.2, 0.25) is 0 Å². The Bertz CT molecular complexity index is 1090. The molecular formula is C25H30F2N2O5S. The van der Waals surface area contributed by atoms with Crippen molar-refractivity contribution in [1.82, 2.24) is 10.4 Å². The minimum atomic E-state index is -4.15. The van der Waals surface area contributed by atoms with Gasteiger partial charge >= 0.3 is 0 Å². The van der Waals surface area contributed by atoms with E-state index >= 15 is 0 Å². The molecule has 0 saturated carbocycles. The molecule has 2 aliphatic heterocycles. The van der Waals surface area contributed by atoms with E-state index in [9.17, 15) is 22.0 Å². The summed E-state index contributed by atoms with van der Waals surface area (Å²) in [5, 5.41) is -1.42. The zero-order chi connectivity index (χ0) is 24.8. The second-order valence-electron chi connectivity index (χ2n) is 9.06. The summed E-state index contributed by atoms with van der Waals surface area (Å²) in [5.74, 6) is -2.17. The van der Waals surface area contributed by atoms with Gasteiger partial charge in [-0.1, -0.05) is 12.1 Å². The van der Waals surface area contributed by atoms with E-state index in [1.807, 2.05) is 0 Å². The number of carbonyl (C=O) groups is 1. The predicted octanol–water partition coefficient (Wildman–Crippen LogP) is 3.59. The molecule has 0 bridgehead atoms. The minimum absolute atomic E-state index is 0.122. The summed E-state index contributed by atoms with van der Waals surface area (Å²) >= 11 is 0. The number of benzene rings is 2. The van der Waals surface area contributed by atoms with Crippen molar-refractivity contribution >= 4 is 15.7 Å². The quantitative estimate of drug-likeness (QED) is 0.433. The molecule has 1 N–H and O–H groups in total. The Morgan fingerprint density at radius 3 is 2.37 bits per heavy atom. The zero-order valence-electron chi connectivity index (χ0n) is 19.4. The first-order valence-electron chi connectivity index (χ1n) is 11.9. The van der Waals surface area contributed by atoms with Gasteiger partial charge in [-0.25, -0.2) is 27.5 Å². The fourth-order valence-corrected chi connectivity index (χ4v) is 6.56. The molecule has 0 aliphatic carbocycles. The molecule has 7 nitrogen and oxygen atoms in total. The molecule has 4 rings (SSSR count). The molecule has 1 amide bonds. The van der Waals surface area contributed by atoms with Gasteiger partial charge in [0.1, 0.15) is 11.6 Å². The highest BCUT2D eigenvalue weighted by molar-refractivity contribution is 7.92. The number of sulfone groups is 1. The van der Waals surface area contributed by atoms with Crippen LogP contribution in [0.1, 0.15) is 37.7 Å². The molecule has 2 aromatic rings. The third kappa shape index (κ3) is 6.63. The Kier molecular flexibility index (Phi) is 8.48. The molecule has 2 aromatic carbocycles. The van der Waals surface area contributed by atoms with Gasteiger partial charge in [0, 0.05) is 26.1 Å². The van der Waals surface area contributed by atoms with Gasteiger partial charge in [0.05, 0.1) is 4.90 Å². The van der Waals surface area contributed by atoms with Gasteiger partial charge in [0.25, 0.3) is 5.91 Å². The second-order valence-corrected chi connectivity index (χ2v) is 11.1. The predicted molar refractivity (Wildman–Crippen MR) is 125 cm³/mol. The van der Waals surface area contributed by atoms with Crippen LogP contribution in [0.3, 0.4) is 0 Å². The Morgan fingerprint density at radius 2 is 1.71 bits per heavy atom. The molecule has 0 aromatic heterocycles. The Balaban J connectivity index is 1.54. The monoisotopic (exact) mass is 508 g/mol. The summed E-state index contributed by atoms with van der Waals surface area (Å²) in [6.45, 7) is 2.11. The SMILES string of the molecule is O=C(NOC1CCCCO1)C(C1CCCN(Cc2ccc(F)cc2)C1)S(=O)(=O)c1ccc(F)cc1. The van der Waals surface area contributed by atoms with Crippen LogP contribution in [0.5, 0.6) is 0 Å². The number of hydrogen-bond acceptors (Lipinski definition) is 6. The molecule has 0 radical (unpaired) electrons. The highest BCUT2D eigenvalue weighted by atomic mass is 32.2. The van der Waals surface area contributed by atoms with E-state index in [-0.39, 0.29) is 10.7 Å². The number of piperidine rings is 1. The van der Waals surface area contributed by atoms with Crippen molar-refractivity contribution in [2.75, 3.05) is 19.7 Å². The van der Waals surface area contributed by atoms with Gasteiger partial charge in [-0.15, -0.1) is 0 Å².